The SMILES string of the molecule is CC/C=C(\N)SC(=C(C)C)c1csc(Nc2ccc(Br)c(COC)n2)n1. The second-order valence-electron chi connectivity index (χ2n) is 5.67. The third-order valence-electron chi connectivity index (χ3n) is 3.25. The molecule has 0 spiro atoms. The minimum absolute atomic E-state index is 0.445. The quantitative estimate of drug-likeness (QED) is 0.518. The van der Waals surface area contributed by atoms with Crippen molar-refractivity contribution in [3.63, 3.8) is 0 Å². The smallest absolute Gasteiger partial charge is 0.188 e. The lowest BCUT2D eigenvalue weighted by atomic mass is 10.3. The van der Waals surface area contributed by atoms with Crippen LogP contribution >= 0.6 is 39.0 Å². The minimum atomic E-state index is 0.445. The second-order valence-corrected chi connectivity index (χ2v) is 8.46. The van der Waals surface area contributed by atoms with Crippen LogP contribution in [0.4, 0.5) is 10.9 Å². The molecule has 0 aliphatic carbocycles. The van der Waals surface area contributed by atoms with Crippen molar-refractivity contribution in [3.05, 3.63) is 50.1 Å². The summed E-state index contributed by atoms with van der Waals surface area (Å²) in [4.78, 5) is 10.3. The monoisotopic (exact) mass is 454 g/mol. The van der Waals surface area contributed by atoms with Crippen LogP contribution in [0.3, 0.4) is 0 Å². The number of hydrogen-bond acceptors (Lipinski definition) is 7. The Bertz CT molecular complexity index is 813. The molecule has 0 aromatic carbocycles. The number of anilines is 2. The third kappa shape index (κ3) is 5.84. The summed E-state index contributed by atoms with van der Waals surface area (Å²) in [6.45, 7) is 6.66. The van der Waals surface area contributed by atoms with Crippen molar-refractivity contribution in [2.45, 2.75) is 33.8 Å². The van der Waals surface area contributed by atoms with E-state index in [9.17, 15) is 0 Å². The van der Waals surface area contributed by atoms with Crippen molar-refractivity contribution < 1.29 is 4.74 Å². The van der Waals surface area contributed by atoms with E-state index in [4.69, 9.17) is 15.5 Å². The van der Waals surface area contributed by atoms with E-state index in [1.807, 2.05) is 23.6 Å². The lowest BCUT2D eigenvalue weighted by Crippen LogP contribution is -1.99. The summed E-state index contributed by atoms with van der Waals surface area (Å²) in [5.41, 5.74) is 9.02. The number of aromatic nitrogens is 2. The summed E-state index contributed by atoms with van der Waals surface area (Å²) in [6, 6.07) is 3.86. The van der Waals surface area contributed by atoms with Crippen LogP contribution in [0.1, 0.15) is 38.6 Å². The van der Waals surface area contributed by atoms with Crippen LogP contribution in [0, 0.1) is 0 Å². The van der Waals surface area contributed by atoms with Gasteiger partial charge in [0.25, 0.3) is 0 Å². The molecule has 0 atom stereocenters. The zero-order chi connectivity index (χ0) is 19.1. The molecule has 2 heterocycles. The zero-order valence-corrected chi connectivity index (χ0v) is 18.5. The highest BCUT2D eigenvalue weighted by Crippen LogP contribution is 2.36. The number of nitrogens with two attached hydrogens (primary N) is 1. The first kappa shape index (κ1) is 21.0. The Hall–Kier alpha value is -1.35. The molecule has 5 nitrogen and oxygen atoms in total. The Kier molecular flexibility index (Phi) is 8.15. The number of ether oxygens (including phenoxy) is 1. The van der Waals surface area contributed by atoms with E-state index in [-0.39, 0.29) is 0 Å². The van der Waals surface area contributed by atoms with Crippen molar-refractivity contribution in [2.24, 2.45) is 5.73 Å². The predicted octanol–water partition coefficient (Wildman–Crippen LogP) is 5.88. The maximum atomic E-state index is 6.07. The number of allylic oxidation sites excluding steroid dienone is 2. The molecule has 0 saturated carbocycles. The van der Waals surface area contributed by atoms with E-state index in [2.05, 4.69) is 47.0 Å². The fourth-order valence-electron chi connectivity index (χ4n) is 2.11. The maximum Gasteiger partial charge on any atom is 0.188 e. The van der Waals surface area contributed by atoms with E-state index < -0.39 is 0 Å². The van der Waals surface area contributed by atoms with Crippen LogP contribution in [0.15, 0.2) is 38.7 Å². The number of methoxy groups -OCH3 is 1. The topological polar surface area (TPSA) is 73.1 Å². The molecule has 140 valence electrons. The number of thioether (sulfide) groups is 1. The molecular formula is C18H23BrN4OS2. The fourth-order valence-corrected chi connectivity index (χ4v) is 4.13. The van der Waals surface area contributed by atoms with Crippen LogP contribution in [-0.2, 0) is 11.3 Å². The van der Waals surface area contributed by atoms with Gasteiger partial charge in [-0.15, -0.1) is 11.3 Å². The van der Waals surface area contributed by atoms with Crippen LogP contribution in [0.2, 0.25) is 0 Å². The molecule has 0 aliphatic rings. The van der Waals surface area contributed by atoms with Gasteiger partial charge in [0.05, 0.1) is 23.0 Å². The highest BCUT2D eigenvalue weighted by Gasteiger charge is 2.12. The molecule has 0 bridgehead atoms. The van der Waals surface area contributed by atoms with Gasteiger partial charge in [-0.3, -0.25) is 0 Å². The summed E-state index contributed by atoms with van der Waals surface area (Å²) < 4.78 is 6.10. The number of thiazole rings is 1. The molecule has 0 amide bonds. The first-order valence-electron chi connectivity index (χ1n) is 8.12. The fraction of sp³-hybridized carbons (Fsp3) is 0.333. The molecule has 2 aromatic heterocycles. The first-order valence-corrected chi connectivity index (χ1v) is 10.6. The molecule has 0 radical (unpaired) electrons. The van der Waals surface area contributed by atoms with E-state index in [1.165, 1.54) is 5.57 Å². The summed E-state index contributed by atoms with van der Waals surface area (Å²) in [5, 5.41) is 6.88. The lowest BCUT2D eigenvalue weighted by molar-refractivity contribution is 0.181. The average Bonchev–Trinajstić information content (AvgIpc) is 3.04. The van der Waals surface area contributed by atoms with Gasteiger partial charge in [0.2, 0.25) is 0 Å². The first-order chi connectivity index (χ1) is 12.4. The van der Waals surface area contributed by atoms with Crippen LogP contribution < -0.4 is 11.1 Å². The second kappa shape index (κ2) is 10.1. The van der Waals surface area contributed by atoms with Crippen LogP contribution in [-0.4, -0.2) is 17.1 Å². The van der Waals surface area contributed by atoms with Gasteiger partial charge in [-0.05, 0) is 48.3 Å². The highest BCUT2D eigenvalue weighted by molar-refractivity contribution is 9.10. The summed E-state index contributed by atoms with van der Waals surface area (Å²) >= 11 is 6.58. The number of rotatable bonds is 8. The summed E-state index contributed by atoms with van der Waals surface area (Å²) in [5.74, 6) is 0.734. The van der Waals surface area contributed by atoms with Gasteiger partial charge < -0.3 is 15.8 Å². The average molecular weight is 455 g/mol. The van der Waals surface area contributed by atoms with Crippen molar-refractivity contribution in [1.29, 1.82) is 0 Å². The number of nitrogens with zero attached hydrogens (tertiary/aromatic N) is 2. The van der Waals surface area contributed by atoms with Crippen molar-refractivity contribution >= 4 is 54.9 Å². The lowest BCUT2D eigenvalue weighted by Gasteiger charge is -2.08. The van der Waals surface area contributed by atoms with Gasteiger partial charge in [0, 0.05) is 21.9 Å². The number of halogens is 1. The molecule has 0 aliphatic heterocycles. The van der Waals surface area contributed by atoms with Gasteiger partial charge >= 0.3 is 0 Å². The van der Waals surface area contributed by atoms with E-state index in [0.29, 0.717) is 6.61 Å². The largest absolute Gasteiger partial charge is 0.394 e. The number of pyridine rings is 1. The summed E-state index contributed by atoms with van der Waals surface area (Å²) in [7, 11) is 1.65. The number of nitrogens with one attached hydrogen (secondary N) is 1. The van der Waals surface area contributed by atoms with Gasteiger partial charge in [0.1, 0.15) is 5.82 Å². The summed E-state index contributed by atoms with van der Waals surface area (Å²) in [6.07, 6.45) is 2.93. The molecule has 0 fully saturated rings. The highest BCUT2D eigenvalue weighted by atomic mass is 79.9. The number of hydrogen-bond donors (Lipinski definition) is 2. The Morgan fingerprint density at radius 1 is 1.38 bits per heavy atom. The van der Waals surface area contributed by atoms with Crippen molar-refractivity contribution in [2.75, 3.05) is 12.4 Å². The van der Waals surface area contributed by atoms with Crippen LogP contribution in [0.25, 0.3) is 4.91 Å². The predicted molar refractivity (Wildman–Crippen MR) is 116 cm³/mol. The van der Waals surface area contributed by atoms with Gasteiger partial charge in [0.15, 0.2) is 5.13 Å². The molecular weight excluding hydrogens is 432 g/mol. The van der Waals surface area contributed by atoms with E-state index >= 15 is 0 Å². The molecule has 2 aromatic rings. The molecule has 3 N–H and O–H groups in total. The van der Waals surface area contributed by atoms with Gasteiger partial charge in [-0.25, -0.2) is 9.97 Å². The zero-order valence-electron chi connectivity index (χ0n) is 15.3. The minimum Gasteiger partial charge on any atom is -0.394 e. The maximum absolute atomic E-state index is 6.07. The third-order valence-corrected chi connectivity index (χ3v) is 5.95. The molecule has 8 heteroatoms. The van der Waals surface area contributed by atoms with E-state index in [1.54, 1.807) is 30.2 Å². The Morgan fingerprint density at radius 2 is 2.15 bits per heavy atom. The van der Waals surface area contributed by atoms with Gasteiger partial charge in [-0.2, -0.15) is 0 Å². The Morgan fingerprint density at radius 3 is 2.81 bits per heavy atom. The van der Waals surface area contributed by atoms with Crippen molar-refractivity contribution in [3.8, 4) is 0 Å². The molecule has 2 rings (SSSR count). The Labute approximate surface area is 171 Å². The van der Waals surface area contributed by atoms with Gasteiger partial charge in [-0.1, -0.05) is 30.3 Å². The van der Waals surface area contributed by atoms with Crippen molar-refractivity contribution in [1.82, 2.24) is 9.97 Å². The van der Waals surface area contributed by atoms with E-state index in [0.717, 1.165) is 43.2 Å². The molecule has 0 saturated heterocycles. The standard InChI is InChI=1S/C18H23BrN4OS2/c1-5-6-15(20)26-17(11(2)3)14-10-25-18(22-14)23-16-8-7-12(19)13(21-16)9-24-4/h6-8,10H,5,9,20H2,1-4H3,(H,21,22,23)/b15-6+. The molecule has 0 unspecified atom stereocenters. The normalized spacial score (nSPS) is 11.5. The Balaban J connectivity index is 2.20. The van der Waals surface area contributed by atoms with Crippen LogP contribution in [0.5, 0.6) is 0 Å². The molecule has 26 heavy (non-hydrogen) atoms.